The van der Waals surface area contributed by atoms with Gasteiger partial charge in [-0.25, -0.2) is 8.89 Å². The van der Waals surface area contributed by atoms with Crippen molar-refractivity contribution in [3.63, 3.8) is 0 Å². The Labute approximate surface area is 204 Å². The van der Waals surface area contributed by atoms with Crippen LogP contribution < -0.4 is 36.6 Å². The van der Waals surface area contributed by atoms with E-state index in [4.69, 9.17) is 9.08 Å². The lowest BCUT2D eigenvalue weighted by molar-refractivity contribution is 0.331. The lowest BCUT2D eigenvalue weighted by Gasteiger charge is -2.30. The Balaban J connectivity index is 1.96. The van der Waals surface area contributed by atoms with E-state index in [0.29, 0.717) is 24.2 Å². The van der Waals surface area contributed by atoms with Gasteiger partial charge in [-0.3, -0.25) is 33.0 Å². The summed E-state index contributed by atoms with van der Waals surface area (Å²) in [6, 6.07) is 7.79. The minimum Gasteiger partial charge on any atom is -0.340 e. The van der Waals surface area contributed by atoms with Crippen LogP contribution in [0.5, 0.6) is 0 Å². The number of aromatic nitrogens is 2. The first-order chi connectivity index (χ1) is 16.4. The van der Waals surface area contributed by atoms with Crippen LogP contribution in [0.3, 0.4) is 0 Å². The normalized spacial score (nSPS) is 20.1. The average Bonchev–Trinajstić information content (AvgIpc) is 3.23. The molecular formula is C22H28N5O6PS. The molecule has 11 nitrogen and oxygen atoms in total. The average molecular weight is 522 g/mol. The summed E-state index contributed by atoms with van der Waals surface area (Å²) >= 11 is -2.32. The molecule has 4 N–H and O–H groups in total. The molecule has 35 heavy (non-hydrogen) atoms. The van der Waals surface area contributed by atoms with E-state index >= 15 is 0 Å². The Kier molecular flexibility index (Phi) is 6.67. The van der Waals surface area contributed by atoms with Gasteiger partial charge in [0, 0.05) is 18.4 Å². The first kappa shape index (κ1) is 25.2. The van der Waals surface area contributed by atoms with Gasteiger partial charge in [-0.05, 0) is 49.1 Å². The zero-order valence-corrected chi connectivity index (χ0v) is 21.5. The van der Waals surface area contributed by atoms with E-state index < -0.39 is 29.8 Å². The fraction of sp³-hybridized carbons (Fsp3) is 0.364. The third kappa shape index (κ3) is 4.92. The van der Waals surface area contributed by atoms with Gasteiger partial charge in [-0.2, -0.15) is 0 Å². The number of fused-ring (bicyclic) bond motifs is 2. The third-order valence-corrected chi connectivity index (χ3v) is 8.12. The van der Waals surface area contributed by atoms with Crippen LogP contribution >= 0.6 is 7.52 Å². The molecule has 13 heteroatoms. The summed E-state index contributed by atoms with van der Waals surface area (Å²) < 4.78 is 45.1. The van der Waals surface area contributed by atoms with Crippen molar-refractivity contribution in [2.75, 3.05) is 16.6 Å². The Morgan fingerprint density at radius 1 is 1.23 bits per heavy atom. The highest BCUT2D eigenvalue weighted by molar-refractivity contribution is 7.80. The Morgan fingerprint density at radius 2 is 1.97 bits per heavy atom. The van der Waals surface area contributed by atoms with Crippen LogP contribution in [0, 0.1) is 5.41 Å². The van der Waals surface area contributed by atoms with Crippen molar-refractivity contribution >= 4 is 46.8 Å². The summed E-state index contributed by atoms with van der Waals surface area (Å²) in [5.74, 6) is -0.0102. The van der Waals surface area contributed by atoms with Gasteiger partial charge in [0.25, 0.3) is 16.8 Å². The summed E-state index contributed by atoms with van der Waals surface area (Å²) in [7, 11) is -3.80. The number of hydrogen-bond donors (Lipinski definition) is 4. The monoisotopic (exact) mass is 521 g/mol. The largest absolute Gasteiger partial charge is 0.340 e. The molecule has 2 aromatic heterocycles. The molecule has 188 valence electrons. The van der Waals surface area contributed by atoms with Crippen LogP contribution in [0.15, 0.2) is 46.1 Å². The Bertz CT molecular complexity index is 1540. The predicted molar refractivity (Wildman–Crippen MR) is 137 cm³/mol. The highest BCUT2D eigenvalue weighted by Crippen LogP contribution is 2.47. The fourth-order valence-electron chi connectivity index (χ4n) is 3.90. The van der Waals surface area contributed by atoms with Crippen molar-refractivity contribution in [2.45, 2.75) is 40.7 Å². The lowest BCUT2D eigenvalue weighted by Crippen LogP contribution is -2.52. The van der Waals surface area contributed by atoms with Crippen LogP contribution in [0.25, 0.3) is 11.3 Å². The lowest BCUT2D eigenvalue weighted by atomic mass is 9.92. The molecule has 0 amide bonds. The van der Waals surface area contributed by atoms with Crippen LogP contribution in [0.1, 0.15) is 34.1 Å². The van der Waals surface area contributed by atoms with Crippen LogP contribution in [-0.2, 0) is 26.9 Å². The molecule has 3 heterocycles. The molecule has 0 fully saturated rings. The predicted octanol–water partition coefficient (Wildman–Crippen LogP) is 1.80. The number of benzene rings is 1. The molecule has 3 aromatic rings. The minimum atomic E-state index is -3.80. The van der Waals surface area contributed by atoms with Gasteiger partial charge < -0.3 is 9.84 Å². The van der Waals surface area contributed by atoms with Gasteiger partial charge in [-0.1, -0.05) is 20.8 Å². The first-order valence-electron chi connectivity index (χ1n) is 11.0. The first-order valence-corrected chi connectivity index (χ1v) is 13.8. The summed E-state index contributed by atoms with van der Waals surface area (Å²) in [6.45, 7) is 8.32. The van der Waals surface area contributed by atoms with Gasteiger partial charge in [0.15, 0.2) is 0 Å². The fourth-order valence-corrected chi connectivity index (χ4v) is 6.14. The molecule has 1 aliphatic heterocycles. The quantitative estimate of drug-likeness (QED) is 0.284. The molecule has 2 unspecified atom stereocenters. The van der Waals surface area contributed by atoms with Crippen molar-refractivity contribution < 1.29 is 17.9 Å². The standard InChI is InChI=1S/C22H28N5O6PS/c1-5-33-34(30)17-13-14(25-35(31)32)8-9-15(17)23-20(24-34)18-19(28)16-7-6-11-26(16)27(21(18)29)12-10-22(2,3)4/h6-9,11,13,23,25H,5,10,12H2,1-4H3,(H,24,30)(H,31,32). The van der Waals surface area contributed by atoms with Gasteiger partial charge in [0.05, 0.1) is 17.6 Å². The summed E-state index contributed by atoms with van der Waals surface area (Å²) in [5.41, 5.74) is -0.176. The van der Waals surface area contributed by atoms with E-state index in [9.17, 15) is 18.4 Å². The number of rotatable bonds is 6. The highest BCUT2D eigenvalue weighted by Gasteiger charge is 2.35. The van der Waals surface area contributed by atoms with Crippen LogP contribution in [-0.4, -0.2) is 24.6 Å². The number of hydrogen-bond acceptors (Lipinski definition) is 6. The molecule has 1 aliphatic rings. The summed E-state index contributed by atoms with van der Waals surface area (Å²) in [6.07, 6.45) is 2.35. The van der Waals surface area contributed by atoms with Crippen molar-refractivity contribution in [3.8, 4) is 0 Å². The highest BCUT2D eigenvalue weighted by atomic mass is 32.2. The van der Waals surface area contributed by atoms with Crippen molar-refractivity contribution in [1.29, 1.82) is 0 Å². The smallest absolute Gasteiger partial charge is 0.327 e. The van der Waals surface area contributed by atoms with Crippen molar-refractivity contribution in [1.82, 2.24) is 14.3 Å². The zero-order chi connectivity index (χ0) is 25.5. The molecular weight excluding hydrogens is 493 g/mol. The van der Waals surface area contributed by atoms with E-state index in [0.717, 1.165) is 0 Å². The summed E-state index contributed by atoms with van der Waals surface area (Å²) in [5, 5.41) is 5.82. The van der Waals surface area contributed by atoms with Crippen molar-refractivity contribution in [3.05, 3.63) is 62.3 Å². The maximum atomic E-state index is 13.9. The maximum absolute atomic E-state index is 13.9. The Morgan fingerprint density at radius 3 is 2.63 bits per heavy atom. The molecule has 0 saturated heterocycles. The molecule has 1 aromatic carbocycles. The second-order valence-corrected chi connectivity index (χ2v) is 12.1. The molecule has 0 aliphatic carbocycles. The molecule has 0 radical (unpaired) electrons. The molecule has 0 spiro atoms. The minimum absolute atomic E-state index is 0.0102. The number of anilines is 2. The van der Waals surface area contributed by atoms with E-state index in [1.807, 2.05) is 0 Å². The van der Waals surface area contributed by atoms with Crippen LogP contribution in [0.4, 0.5) is 11.4 Å². The second kappa shape index (κ2) is 9.27. The van der Waals surface area contributed by atoms with Gasteiger partial charge in [0.1, 0.15) is 16.6 Å². The van der Waals surface area contributed by atoms with Gasteiger partial charge >= 0.3 is 7.52 Å². The van der Waals surface area contributed by atoms with Crippen LogP contribution in [0.2, 0.25) is 0 Å². The van der Waals surface area contributed by atoms with Gasteiger partial charge in [0.2, 0.25) is 5.43 Å². The topological polar surface area (TPSA) is 143 Å². The van der Waals surface area contributed by atoms with E-state index in [-0.39, 0.29) is 34.1 Å². The maximum Gasteiger partial charge on any atom is 0.327 e. The van der Waals surface area contributed by atoms with Gasteiger partial charge in [-0.15, -0.1) is 0 Å². The second-order valence-electron chi connectivity index (χ2n) is 9.35. The SMILES string of the molecule is CCOP1(=O)NC(=c2c(=O)c3cccn3n(CCC(C)(C)C)c2=O)Nc2ccc(NS(=O)O)cc21. The van der Waals surface area contributed by atoms with E-state index in [2.05, 4.69) is 35.9 Å². The Hall–Kier alpha value is -2.92. The zero-order valence-electron chi connectivity index (χ0n) is 19.8. The molecule has 0 saturated carbocycles. The van der Waals surface area contributed by atoms with E-state index in [1.54, 1.807) is 29.8 Å². The van der Waals surface area contributed by atoms with E-state index in [1.165, 1.54) is 22.9 Å². The number of aryl methyl sites for hydroxylation is 1. The number of nitrogens with one attached hydrogen (secondary N) is 3. The molecule has 4 rings (SSSR count). The summed E-state index contributed by atoms with van der Waals surface area (Å²) in [4.78, 5) is 27.0. The molecule has 2 atom stereocenters. The number of nitrogens with zero attached hydrogens (tertiary/aromatic N) is 2. The third-order valence-electron chi connectivity index (χ3n) is 5.57. The molecule has 0 bridgehead atoms. The van der Waals surface area contributed by atoms with Crippen molar-refractivity contribution in [2.24, 2.45) is 5.41 Å².